The van der Waals surface area contributed by atoms with Crippen LogP contribution in [0.25, 0.3) is 0 Å². The molecule has 0 saturated carbocycles. The number of anilines is 1. The zero-order chi connectivity index (χ0) is 28.5. The van der Waals surface area contributed by atoms with E-state index in [1.54, 1.807) is 39.4 Å². The molecule has 0 unspecified atom stereocenters. The van der Waals surface area contributed by atoms with Crippen LogP contribution in [0.1, 0.15) is 45.2 Å². The zero-order valence-corrected chi connectivity index (χ0v) is 23.1. The topological polar surface area (TPSA) is 124 Å². The van der Waals surface area contributed by atoms with E-state index in [1.165, 1.54) is 4.90 Å². The van der Waals surface area contributed by atoms with Gasteiger partial charge in [-0.2, -0.15) is 0 Å². The highest BCUT2D eigenvalue weighted by Gasteiger charge is 2.50. The van der Waals surface area contributed by atoms with Gasteiger partial charge in [0.15, 0.2) is 0 Å². The third-order valence-corrected chi connectivity index (χ3v) is 7.25. The van der Waals surface area contributed by atoms with Crippen molar-refractivity contribution in [3.63, 3.8) is 0 Å². The molecule has 3 aliphatic heterocycles. The number of likely N-dealkylation sites (tertiary alicyclic amines) is 1. The smallest absolute Gasteiger partial charge is 0.411 e. The zero-order valence-electron chi connectivity index (χ0n) is 23.1. The molecule has 11 heteroatoms. The molecule has 2 aromatic rings. The van der Waals surface area contributed by atoms with Crippen LogP contribution >= 0.6 is 0 Å². The summed E-state index contributed by atoms with van der Waals surface area (Å²) >= 11 is 0. The van der Waals surface area contributed by atoms with Crippen LogP contribution in [0.4, 0.5) is 10.5 Å². The van der Waals surface area contributed by atoms with Gasteiger partial charge in [0.05, 0.1) is 32.4 Å². The summed E-state index contributed by atoms with van der Waals surface area (Å²) in [5.41, 5.74) is 1.02. The molecule has 3 aliphatic rings. The van der Waals surface area contributed by atoms with Crippen LogP contribution in [-0.4, -0.2) is 94.3 Å². The molecule has 0 bridgehead atoms. The first-order valence-electron chi connectivity index (χ1n) is 13.3. The number of carboxylic acids is 1. The highest BCUT2D eigenvalue weighted by atomic mass is 16.6. The molecule has 5 heterocycles. The Morgan fingerprint density at radius 3 is 2.62 bits per heavy atom. The van der Waals surface area contributed by atoms with E-state index in [0.717, 1.165) is 11.3 Å². The molecule has 1 N–H and O–H groups in total. The van der Waals surface area contributed by atoms with E-state index in [-0.39, 0.29) is 19.0 Å². The number of morpholine rings is 1. The summed E-state index contributed by atoms with van der Waals surface area (Å²) in [7, 11) is 0. The van der Waals surface area contributed by atoms with Crippen LogP contribution in [0.5, 0.6) is 5.88 Å². The predicted octanol–water partition coefficient (Wildman–Crippen LogP) is 2.71. The molecule has 2 aromatic heterocycles. The normalized spacial score (nSPS) is 23.6. The van der Waals surface area contributed by atoms with Crippen LogP contribution in [0.15, 0.2) is 36.8 Å². The molecule has 3 fully saturated rings. The molecule has 3 atom stereocenters. The highest BCUT2D eigenvalue weighted by molar-refractivity contribution is 5.81. The molecule has 212 valence electrons. The van der Waals surface area contributed by atoms with E-state index in [9.17, 15) is 14.7 Å². The second-order valence-electron chi connectivity index (χ2n) is 11.3. The van der Waals surface area contributed by atoms with Gasteiger partial charge in [-0.15, -0.1) is 0 Å². The number of nitrogens with zero attached hydrogens (tertiary/aromatic N) is 4. The van der Waals surface area contributed by atoms with Crippen molar-refractivity contribution >= 4 is 17.7 Å². The van der Waals surface area contributed by atoms with Crippen molar-refractivity contribution < 1.29 is 33.6 Å². The predicted molar refractivity (Wildman–Crippen MR) is 144 cm³/mol. The van der Waals surface area contributed by atoms with Crippen molar-refractivity contribution in [2.24, 2.45) is 0 Å². The van der Waals surface area contributed by atoms with Gasteiger partial charge < -0.3 is 29.0 Å². The minimum atomic E-state index is -1.11. The van der Waals surface area contributed by atoms with E-state index in [2.05, 4.69) is 33.6 Å². The molecule has 5 rings (SSSR count). The summed E-state index contributed by atoms with van der Waals surface area (Å²) < 4.78 is 23.4. The fourth-order valence-electron chi connectivity index (χ4n) is 5.09. The van der Waals surface area contributed by atoms with Gasteiger partial charge in [0.25, 0.3) is 0 Å². The number of pyridine rings is 2. The molecular weight excluding hydrogens is 516 g/mol. The van der Waals surface area contributed by atoms with Crippen molar-refractivity contribution in [1.29, 1.82) is 0 Å². The highest BCUT2D eigenvalue weighted by Crippen LogP contribution is 2.39. The Morgan fingerprint density at radius 2 is 1.98 bits per heavy atom. The first kappa shape index (κ1) is 27.7. The lowest BCUT2D eigenvalue weighted by Gasteiger charge is -2.53. The van der Waals surface area contributed by atoms with Crippen molar-refractivity contribution in [2.75, 3.05) is 37.8 Å². The van der Waals surface area contributed by atoms with Gasteiger partial charge in [-0.25, -0.2) is 14.6 Å². The van der Waals surface area contributed by atoms with Crippen molar-refractivity contribution in [3.8, 4) is 17.7 Å². The molecule has 1 amide bonds. The lowest BCUT2D eigenvalue weighted by atomic mass is 9.90. The second kappa shape index (κ2) is 10.9. The SMILES string of the molecule is C[C@@H]1N(c2cc(C#Cc3cccnc3)cnc2O[C@H]2C[C@@H](C(=O)O)N(C(=O)OC(C)(C)C)C2)CCOC12COC2. The van der Waals surface area contributed by atoms with Gasteiger partial charge in [0, 0.05) is 42.7 Å². The molecule has 0 aliphatic carbocycles. The van der Waals surface area contributed by atoms with Crippen LogP contribution in [-0.2, 0) is 19.0 Å². The maximum Gasteiger partial charge on any atom is 0.411 e. The van der Waals surface area contributed by atoms with E-state index in [1.807, 2.05) is 18.2 Å². The van der Waals surface area contributed by atoms with Crippen LogP contribution in [0, 0.1) is 11.8 Å². The minimum absolute atomic E-state index is 0.0331. The number of hydrogen-bond donors (Lipinski definition) is 1. The summed E-state index contributed by atoms with van der Waals surface area (Å²) in [6.07, 6.45) is 3.84. The first-order valence-corrected chi connectivity index (χ1v) is 13.3. The number of aliphatic carboxylic acids is 1. The van der Waals surface area contributed by atoms with Crippen LogP contribution < -0.4 is 9.64 Å². The summed E-state index contributed by atoms with van der Waals surface area (Å²) in [4.78, 5) is 36.9. The van der Waals surface area contributed by atoms with Crippen LogP contribution in [0.2, 0.25) is 0 Å². The quantitative estimate of drug-likeness (QED) is 0.569. The molecular formula is C29H34N4O7. The third kappa shape index (κ3) is 5.83. The largest absolute Gasteiger partial charge is 0.480 e. The number of ether oxygens (including phenoxy) is 4. The Kier molecular flexibility index (Phi) is 7.57. The van der Waals surface area contributed by atoms with Gasteiger partial charge >= 0.3 is 12.1 Å². The van der Waals surface area contributed by atoms with Gasteiger partial charge in [-0.1, -0.05) is 11.8 Å². The lowest BCUT2D eigenvalue weighted by Crippen LogP contribution is -2.68. The maximum absolute atomic E-state index is 12.8. The fourth-order valence-corrected chi connectivity index (χ4v) is 5.09. The van der Waals surface area contributed by atoms with Gasteiger partial charge in [-0.05, 0) is 45.9 Å². The minimum Gasteiger partial charge on any atom is -0.480 e. The van der Waals surface area contributed by atoms with Crippen molar-refractivity contribution in [2.45, 2.75) is 63.5 Å². The average Bonchev–Trinajstić information content (AvgIpc) is 3.32. The lowest BCUT2D eigenvalue weighted by molar-refractivity contribution is -0.228. The number of carboxylic acid groups (broad SMARTS) is 1. The Bertz CT molecular complexity index is 1310. The van der Waals surface area contributed by atoms with Gasteiger partial charge in [-0.3, -0.25) is 9.88 Å². The van der Waals surface area contributed by atoms with Gasteiger partial charge in [0.2, 0.25) is 5.88 Å². The summed E-state index contributed by atoms with van der Waals surface area (Å²) in [6.45, 7) is 9.48. The van der Waals surface area contributed by atoms with E-state index in [0.29, 0.717) is 37.8 Å². The molecule has 0 radical (unpaired) electrons. The van der Waals surface area contributed by atoms with Crippen molar-refractivity contribution in [3.05, 3.63) is 47.9 Å². The van der Waals surface area contributed by atoms with Gasteiger partial charge in [0.1, 0.15) is 29.0 Å². The number of amides is 1. The standard InChI is InChI=1S/C29H34N4O7/c1-19-29(17-37-18-29)38-11-10-32(19)23-12-21(8-7-20-6-5-9-30-14-20)15-31-25(23)39-22-13-24(26(34)35)33(16-22)27(36)40-28(2,3)4/h5-6,9,12,14-15,19,22,24H,10-11,13,16-18H2,1-4H3,(H,34,35)/t19-,22-,24-/m0/s1. The van der Waals surface area contributed by atoms with E-state index >= 15 is 0 Å². The number of carbonyl (C=O) groups is 2. The van der Waals surface area contributed by atoms with E-state index in [4.69, 9.17) is 18.9 Å². The number of hydrogen-bond acceptors (Lipinski definition) is 9. The molecule has 3 saturated heterocycles. The number of aromatic nitrogens is 2. The molecule has 11 nitrogen and oxygen atoms in total. The second-order valence-corrected chi connectivity index (χ2v) is 11.3. The average molecular weight is 551 g/mol. The fraction of sp³-hybridized carbons (Fsp3) is 0.517. The maximum atomic E-state index is 12.8. The van der Waals surface area contributed by atoms with Crippen LogP contribution in [0.3, 0.4) is 0 Å². The van der Waals surface area contributed by atoms with E-state index < -0.39 is 35.4 Å². The Balaban J connectivity index is 1.43. The third-order valence-electron chi connectivity index (χ3n) is 7.25. The van der Waals surface area contributed by atoms with Crippen molar-refractivity contribution in [1.82, 2.24) is 14.9 Å². The molecule has 40 heavy (non-hydrogen) atoms. The number of carbonyl (C=O) groups excluding carboxylic acids is 1. The monoisotopic (exact) mass is 550 g/mol. The molecule has 0 aromatic carbocycles. The Hall–Kier alpha value is -3.88. The Morgan fingerprint density at radius 1 is 1.20 bits per heavy atom. The Labute approximate surface area is 233 Å². The summed E-state index contributed by atoms with van der Waals surface area (Å²) in [6, 6.07) is 4.54. The number of rotatable bonds is 4. The first-order chi connectivity index (χ1) is 19.0. The summed E-state index contributed by atoms with van der Waals surface area (Å²) in [5.74, 6) is 5.49. The molecule has 1 spiro atoms. The summed E-state index contributed by atoms with van der Waals surface area (Å²) in [5, 5.41) is 9.81.